The van der Waals surface area contributed by atoms with E-state index in [4.69, 9.17) is 11.6 Å². The zero-order chi connectivity index (χ0) is 13.1. The SMILES string of the molecule is CC(C)=NN=C1NC(=O)[C@@H](c2ccc(Cl)cc2)S1. The fourth-order valence-electron chi connectivity index (χ4n) is 1.42. The first-order chi connectivity index (χ1) is 8.56. The van der Waals surface area contributed by atoms with Crippen LogP contribution in [0.15, 0.2) is 34.5 Å². The van der Waals surface area contributed by atoms with Crippen LogP contribution in [0.25, 0.3) is 0 Å². The first kappa shape index (κ1) is 13.1. The number of amidine groups is 1. The van der Waals surface area contributed by atoms with Gasteiger partial charge in [0.1, 0.15) is 5.25 Å². The second-order valence-corrected chi connectivity index (χ2v) is 5.52. The normalized spacial score (nSPS) is 20.9. The molecule has 6 heteroatoms. The van der Waals surface area contributed by atoms with Crippen molar-refractivity contribution in [1.82, 2.24) is 5.32 Å². The molecule has 0 saturated carbocycles. The summed E-state index contributed by atoms with van der Waals surface area (Å²) in [6.45, 7) is 3.70. The lowest BCUT2D eigenvalue weighted by Gasteiger charge is -2.04. The van der Waals surface area contributed by atoms with Crippen LogP contribution < -0.4 is 5.32 Å². The van der Waals surface area contributed by atoms with Crippen LogP contribution in [-0.2, 0) is 4.79 Å². The molecule has 0 unspecified atom stereocenters. The van der Waals surface area contributed by atoms with Crippen molar-refractivity contribution in [3.63, 3.8) is 0 Å². The van der Waals surface area contributed by atoms with Crippen molar-refractivity contribution in [2.45, 2.75) is 19.1 Å². The highest BCUT2D eigenvalue weighted by Gasteiger charge is 2.31. The second kappa shape index (κ2) is 5.54. The minimum atomic E-state index is -0.284. The average molecular weight is 282 g/mol. The molecule has 0 aliphatic carbocycles. The van der Waals surface area contributed by atoms with Crippen LogP contribution in [0, 0.1) is 0 Å². The number of thioether (sulfide) groups is 1. The molecule has 1 atom stereocenters. The van der Waals surface area contributed by atoms with Crippen LogP contribution in [0.2, 0.25) is 5.02 Å². The van der Waals surface area contributed by atoms with Gasteiger partial charge in [-0.15, -0.1) is 5.10 Å². The van der Waals surface area contributed by atoms with E-state index < -0.39 is 0 Å². The van der Waals surface area contributed by atoms with Gasteiger partial charge in [-0.25, -0.2) is 0 Å². The summed E-state index contributed by atoms with van der Waals surface area (Å²) in [7, 11) is 0. The summed E-state index contributed by atoms with van der Waals surface area (Å²) in [5, 5.41) is 11.5. The highest BCUT2D eigenvalue weighted by Crippen LogP contribution is 2.34. The number of carbonyl (C=O) groups excluding carboxylic acids is 1. The number of rotatable bonds is 2. The van der Waals surface area contributed by atoms with Crippen molar-refractivity contribution in [3.05, 3.63) is 34.9 Å². The number of nitrogens with one attached hydrogen (secondary N) is 1. The molecule has 1 amide bonds. The fraction of sp³-hybridized carbons (Fsp3) is 0.250. The van der Waals surface area contributed by atoms with E-state index in [0.29, 0.717) is 10.2 Å². The van der Waals surface area contributed by atoms with Crippen LogP contribution in [-0.4, -0.2) is 16.8 Å². The van der Waals surface area contributed by atoms with Gasteiger partial charge >= 0.3 is 0 Å². The summed E-state index contributed by atoms with van der Waals surface area (Å²) in [5.41, 5.74) is 1.75. The molecule has 1 N–H and O–H groups in total. The monoisotopic (exact) mass is 281 g/mol. The summed E-state index contributed by atoms with van der Waals surface area (Å²) in [6, 6.07) is 7.23. The molecule has 0 radical (unpaired) electrons. The van der Waals surface area contributed by atoms with Crippen LogP contribution >= 0.6 is 23.4 Å². The molecule has 1 aliphatic rings. The molecule has 1 aromatic rings. The lowest BCUT2D eigenvalue weighted by molar-refractivity contribution is -0.118. The zero-order valence-electron chi connectivity index (χ0n) is 9.98. The number of amides is 1. The van der Waals surface area contributed by atoms with Gasteiger partial charge in [0, 0.05) is 10.7 Å². The smallest absolute Gasteiger partial charge is 0.244 e. The number of carbonyl (C=O) groups is 1. The topological polar surface area (TPSA) is 53.8 Å². The fourth-order valence-corrected chi connectivity index (χ4v) is 2.47. The number of halogens is 1. The second-order valence-electron chi connectivity index (χ2n) is 3.99. The molecule has 4 nitrogen and oxygen atoms in total. The van der Waals surface area contributed by atoms with Crippen LogP contribution in [0.5, 0.6) is 0 Å². The maximum absolute atomic E-state index is 11.8. The van der Waals surface area contributed by atoms with Crippen LogP contribution in [0.4, 0.5) is 0 Å². The Labute approximate surface area is 115 Å². The molecule has 1 heterocycles. The zero-order valence-corrected chi connectivity index (χ0v) is 11.5. The van der Waals surface area contributed by atoms with E-state index in [1.165, 1.54) is 11.8 Å². The van der Waals surface area contributed by atoms with E-state index in [0.717, 1.165) is 11.3 Å². The third-order valence-corrected chi connectivity index (χ3v) is 3.59. The molecule has 18 heavy (non-hydrogen) atoms. The van der Waals surface area contributed by atoms with Crippen LogP contribution in [0.1, 0.15) is 24.7 Å². The van der Waals surface area contributed by atoms with Crippen molar-refractivity contribution in [3.8, 4) is 0 Å². The Bertz CT molecular complexity index is 521. The van der Waals surface area contributed by atoms with Gasteiger partial charge in [0.25, 0.3) is 0 Å². The van der Waals surface area contributed by atoms with E-state index in [-0.39, 0.29) is 11.2 Å². The third-order valence-electron chi connectivity index (χ3n) is 2.21. The van der Waals surface area contributed by atoms with Gasteiger partial charge in [-0.2, -0.15) is 5.10 Å². The predicted octanol–water partition coefficient (Wildman–Crippen LogP) is 3.00. The Kier molecular flexibility index (Phi) is 4.04. The molecule has 1 fully saturated rings. The van der Waals surface area contributed by atoms with Gasteiger partial charge in [-0.3, -0.25) is 4.79 Å². The Hall–Kier alpha value is -1.33. The predicted molar refractivity (Wildman–Crippen MR) is 76.1 cm³/mol. The van der Waals surface area contributed by atoms with E-state index in [1.54, 1.807) is 12.1 Å². The Morgan fingerprint density at radius 1 is 1.33 bits per heavy atom. The average Bonchev–Trinajstić information content (AvgIpc) is 2.69. The summed E-state index contributed by atoms with van der Waals surface area (Å²) in [5.74, 6) is -0.0787. The summed E-state index contributed by atoms with van der Waals surface area (Å²) >= 11 is 7.18. The van der Waals surface area contributed by atoms with Crippen molar-refractivity contribution < 1.29 is 4.79 Å². The van der Waals surface area contributed by atoms with Gasteiger partial charge in [-0.05, 0) is 31.5 Å². The number of hydrogen-bond donors (Lipinski definition) is 1. The Morgan fingerprint density at radius 2 is 2.00 bits per heavy atom. The van der Waals surface area contributed by atoms with Gasteiger partial charge < -0.3 is 5.32 Å². The van der Waals surface area contributed by atoms with E-state index >= 15 is 0 Å². The maximum atomic E-state index is 11.8. The van der Waals surface area contributed by atoms with Crippen molar-refractivity contribution in [1.29, 1.82) is 0 Å². The Balaban J connectivity index is 2.17. The quantitative estimate of drug-likeness (QED) is 0.669. The third kappa shape index (κ3) is 3.11. The molecular weight excluding hydrogens is 270 g/mol. The van der Waals surface area contributed by atoms with E-state index in [1.807, 2.05) is 26.0 Å². The molecule has 94 valence electrons. The first-order valence-electron chi connectivity index (χ1n) is 5.38. The number of hydrogen-bond acceptors (Lipinski definition) is 4. The minimum Gasteiger partial charge on any atom is -0.302 e. The minimum absolute atomic E-state index is 0.0787. The van der Waals surface area contributed by atoms with Gasteiger partial charge in [0.2, 0.25) is 5.91 Å². The summed E-state index contributed by atoms with van der Waals surface area (Å²) in [4.78, 5) is 11.8. The highest BCUT2D eigenvalue weighted by atomic mass is 35.5. The first-order valence-corrected chi connectivity index (χ1v) is 6.64. The lowest BCUT2D eigenvalue weighted by Crippen LogP contribution is -2.21. The van der Waals surface area contributed by atoms with Gasteiger partial charge in [-0.1, -0.05) is 35.5 Å². The van der Waals surface area contributed by atoms with Gasteiger partial charge in [0.15, 0.2) is 5.17 Å². The van der Waals surface area contributed by atoms with E-state index in [2.05, 4.69) is 15.5 Å². The van der Waals surface area contributed by atoms with Gasteiger partial charge in [0.05, 0.1) is 0 Å². The van der Waals surface area contributed by atoms with Crippen molar-refractivity contribution >= 4 is 40.1 Å². The molecule has 1 saturated heterocycles. The molecular formula is C12H12ClN3OS. The molecule has 0 bridgehead atoms. The van der Waals surface area contributed by atoms with Crippen molar-refractivity contribution in [2.75, 3.05) is 0 Å². The highest BCUT2D eigenvalue weighted by molar-refractivity contribution is 8.15. The number of nitrogens with zero attached hydrogens (tertiary/aromatic N) is 2. The molecule has 1 aromatic carbocycles. The largest absolute Gasteiger partial charge is 0.302 e. The van der Waals surface area contributed by atoms with E-state index in [9.17, 15) is 4.79 Å². The molecule has 0 spiro atoms. The van der Waals surface area contributed by atoms with Crippen molar-refractivity contribution in [2.24, 2.45) is 10.2 Å². The molecule has 0 aromatic heterocycles. The van der Waals surface area contributed by atoms with Crippen LogP contribution in [0.3, 0.4) is 0 Å². The lowest BCUT2D eigenvalue weighted by atomic mass is 10.1. The summed E-state index contributed by atoms with van der Waals surface area (Å²) in [6.07, 6.45) is 0. The standard InChI is InChI=1S/C12H12ClN3OS/c1-7(2)15-16-12-14-11(17)10(18-12)8-3-5-9(13)6-4-8/h3-6,10H,1-2H3,(H,14,16,17)/t10-/m1/s1. The summed E-state index contributed by atoms with van der Waals surface area (Å²) < 4.78 is 0. The molecule has 1 aliphatic heterocycles. The molecule has 2 rings (SSSR count). The Morgan fingerprint density at radius 3 is 2.61 bits per heavy atom. The number of benzene rings is 1. The maximum Gasteiger partial charge on any atom is 0.244 e.